The molecule has 0 bridgehead atoms. The number of benzene rings is 2. The Balaban J connectivity index is 1.54. The summed E-state index contributed by atoms with van der Waals surface area (Å²) in [4.78, 5) is 24.1. The number of esters is 1. The third-order valence-corrected chi connectivity index (χ3v) is 6.23. The predicted octanol–water partition coefficient (Wildman–Crippen LogP) is 2.99. The Hall–Kier alpha value is -2.23. The minimum absolute atomic E-state index is 0.00159. The van der Waals surface area contributed by atoms with Gasteiger partial charge in [0.15, 0.2) is 6.61 Å². The molecule has 1 amide bonds. The van der Waals surface area contributed by atoms with Crippen LogP contribution in [0.15, 0.2) is 51.8 Å². The first-order chi connectivity index (χ1) is 13.2. The molecule has 9 heteroatoms. The maximum absolute atomic E-state index is 12.1. The van der Waals surface area contributed by atoms with Crippen molar-refractivity contribution in [1.29, 1.82) is 0 Å². The van der Waals surface area contributed by atoms with Crippen LogP contribution < -0.4 is 10.0 Å². The molecule has 0 unspecified atom stereocenters. The van der Waals surface area contributed by atoms with Crippen LogP contribution >= 0.6 is 15.9 Å². The molecule has 148 valence electrons. The van der Waals surface area contributed by atoms with E-state index in [0.29, 0.717) is 5.69 Å². The monoisotopic (exact) mass is 466 g/mol. The van der Waals surface area contributed by atoms with Gasteiger partial charge in [-0.2, -0.15) is 0 Å². The van der Waals surface area contributed by atoms with E-state index in [1.165, 1.54) is 24.3 Å². The van der Waals surface area contributed by atoms with Crippen LogP contribution in [0.1, 0.15) is 28.8 Å². The number of hydrogen-bond acceptors (Lipinski definition) is 5. The lowest BCUT2D eigenvalue weighted by Gasteiger charge is -2.09. The Morgan fingerprint density at radius 2 is 1.82 bits per heavy atom. The van der Waals surface area contributed by atoms with Crippen molar-refractivity contribution in [3.63, 3.8) is 0 Å². The zero-order valence-electron chi connectivity index (χ0n) is 15.1. The highest BCUT2D eigenvalue weighted by Gasteiger charge is 2.28. The molecule has 0 aliphatic heterocycles. The Morgan fingerprint density at radius 3 is 2.43 bits per heavy atom. The first kappa shape index (κ1) is 20.5. The third-order valence-electron chi connectivity index (χ3n) is 4.03. The van der Waals surface area contributed by atoms with Crippen LogP contribution in [0.3, 0.4) is 0 Å². The normalized spacial score (nSPS) is 13.8. The van der Waals surface area contributed by atoms with Crippen molar-refractivity contribution in [2.75, 3.05) is 11.9 Å². The molecule has 1 fully saturated rings. The summed E-state index contributed by atoms with van der Waals surface area (Å²) in [5, 5.41) is 2.65. The van der Waals surface area contributed by atoms with Crippen molar-refractivity contribution < 1.29 is 22.7 Å². The summed E-state index contributed by atoms with van der Waals surface area (Å²) in [5.41, 5.74) is 1.77. The van der Waals surface area contributed by atoms with E-state index in [0.717, 1.165) is 22.9 Å². The molecule has 0 spiro atoms. The van der Waals surface area contributed by atoms with E-state index >= 15 is 0 Å². The Labute approximate surface area is 171 Å². The molecule has 3 rings (SSSR count). The summed E-state index contributed by atoms with van der Waals surface area (Å²) < 4.78 is 32.5. The Morgan fingerprint density at radius 1 is 1.14 bits per heavy atom. The van der Waals surface area contributed by atoms with Crippen molar-refractivity contribution >= 4 is 43.5 Å². The zero-order chi connectivity index (χ0) is 20.3. The molecule has 7 nitrogen and oxygen atoms in total. The van der Waals surface area contributed by atoms with Gasteiger partial charge in [0.2, 0.25) is 10.0 Å². The first-order valence-corrected chi connectivity index (χ1v) is 10.9. The number of halogens is 1. The highest BCUT2D eigenvalue weighted by atomic mass is 79.9. The highest BCUT2D eigenvalue weighted by molar-refractivity contribution is 9.10. The highest BCUT2D eigenvalue weighted by Crippen LogP contribution is 2.24. The van der Waals surface area contributed by atoms with E-state index in [2.05, 4.69) is 26.0 Å². The molecule has 0 atom stereocenters. The topological polar surface area (TPSA) is 102 Å². The van der Waals surface area contributed by atoms with Gasteiger partial charge in [0.25, 0.3) is 5.91 Å². The van der Waals surface area contributed by atoms with Gasteiger partial charge >= 0.3 is 5.97 Å². The molecule has 1 saturated carbocycles. The molecule has 2 aromatic rings. The second kappa shape index (κ2) is 8.42. The molecular formula is C19H19BrN2O5S. The van der Waals surface area contributed by atoms with Gasteiger partial charge in [0, 0.05) is 10.5 Å². The summed E-state index contributed by atoms with van der Waals surface area (Å²) in [5.74, 6) is -1.19. The number of carbonyl (C=O) groups is 2. The van der Waals surface area contributed by atoms with Crippen LogP contribution in [0.25, 0.3) is 0 Å². The number of amides is 1. The molecule has 0 saturated heterocycles. The maximum Gasteiger partial charge on any atom is 0.338 e. The van der Waals surface area contributed by atoms with E-state index in [9.17, 15) is 18.0 Å². The first-order valence-electron chi connectivity index (χ1n) is 8.60. The molecule has 0 aromatic heterocycles. The quantitative estimate of drug-likeness (QED) is 0.610. The van der Waals surface area contributed by atoms with E-state index < -0.39 is 28.5 Å². The molecule has 2 aromatic carbocycles. The Bertz CT molecular complexity index is 1000. The molecular weight excluding hydrogens is 448 g/mol. The van der Waals surface area contributed by atoms with Gasteiger partial charge < -0.3 is 10.1 Å². The van der Waals surface area contributed by atoms with Gasteiger partial charge in [-0.25, -0.2) is 17.9 Å². The van der Waals surface area contributed by atoms with E-state index in [1.807, 2.05) is 19.1 Å². The maximum atomic E-state index is 12.1. The third kappa shape index (κ3) is 5.40. The Kier molecular flexibility index (Phi) is 6.17. The van der Waals surface area contributed by atoms with Crippen molar-refractivity contribution in [2.24, 2.45) is 0 Å². The molecule has 28 heavy (non-hydrogen) atoms. The molecule has 2 N–H and O–H groups in total. The summed E-state index contributed by atoms with van der Waals surface area (Å²) in [6, 6.07) is 10.8. The van der Waals surface area contributed by atoms with Crippen molar-refractivity contribution in [3.8, 4) is 0 Å². The average Bonchev–Trinajstić information content (AvgIpc) is 3.45. The number of anilines is 1. The average molecular weight is 467 g/mol. The number of rotatable bonds is 7. The molecule has 0 heterocycles. The van der Waals surface area contributed by atoms with E-state index in [4.69, 9.17) is 4.74 Å². The van der Waals surface area contributed by atoms with Crippen LogP contribution in [-0.2, 0) is 19.6 Å². The van der Waals surface area contributed by atoms with Crippen molar-refractivity contribution in [3.05, 3.63) is 58.1 Å². The minimum Gasteiger partial charge on any atom is -0.452 e. The number of aryl methyl sites for hydroxylation is 1. The fourth-order valence-corrected chi connectivity index (χ4v) is 4.28. The van der Waals surface area contributed by atoms with Crippen LogP contribution in [0, 0.1) is 6.92 Å². The zero-order valence-corrected chi connectivity index (χ0v) is 17.5. The largest absolute Gasteiger partial charge is 0.452 e. The van der Waals surface area contributed by atoms with Gasteiger partial charge in [-0.1, -0.05) is 6.07 Å². The van der Waals surface area contributed by atoms with Gasteiger partial charge in [-0.15, -0.1) is 0 Å². The summed E-state index contributed by atoms with van der Waals surface area (Å²) in [6.45, 7) is 1.47. The summed E-state index contributed by atoms with van der Waals surface area (Å²) in [6.07, 6.45) is 1.68. The lowest BCUT2D eigenvalue weighted by Crippen LogP contribution is -2.25. The minimum atomic E-state index is -3.58. The van der Waals surface area contributed by atoms with Gasteiger partial charge in [0.1, 0.15) is 0 Å². The van der Waals surface area contributed by atoms with Crippen molar-refractivity contribution in [2.45, 2.75) is 30.7 Å². The SMILES string of the molecule is Cc1ccc(NC(=O)COC(=O)c2ccc(S(=O)(=O)NC3CC3)cc2)c(Br)c1. The van der Waals surface area contributed by atoms with Crippen LogP contribution in [0.4, 0.5) is 5.69 Å². The number of nitrogens with one attached hydrogen (secondary N) is 2. The number of sulfonamides is 1. The van der Waals surface area contributed by atoms with Crippen LogP contribution in [-0.4, -0.2) is 32.9 Å². The van der Waals surface area contributed by atoms with Crippen LogP contribution in [0.2, 0.25) is 0 Å². The second-order valence-corrected chi connectivity index (χ2v) is 9.10. The van der Waals surface area contributed by atoms with Gasteiger partial charge in [-0.3, -0.25) is 4.79 Å². The number of ether oxygens (including phenoxy) is 1. The van der Waals surface area contributed by atoms with Gasteiger partial charge in [-0.05, 0) is 77.7 Å². The molecule has 0 radical (unpaired) electrons. The van der Waals surface area contributed by atoms with Crippen molar-refractivity contribution in [1.82, 2.24) is 4.72 Å². The lowest BCUT2D eigenvalue weighted by atomic mass is 10.2. The second-order valence-electron chi connectivity index (χ2n) is 6.53. The lowest BCUT2D eigenvalue weighted by molar-refractivity contribution is -0.119. The van der Waals surface area contributed by atoms with Crippen LogP contribution in [0.5, 0.6) is 0 Å². The molecule has 1 aliphatic rings. The molecule has 1 aliphatic carbocycles. The van der Waals surface area contributed by atoms with E-state index in [1.54, 1.807) is 6.07 Å². The van der Waals surface area contributed by atoms with Gasteiger partial charge in [0.05, 0.1) is 16.1 Å². The summed E-state index contributed by atoms with van der Waals surface area (Å²) >= 11 is 3.36. The fraction of sp³-hybridized carbons (Fsp3) is 0.263. The number of hydrogen-bond donors (Lipinski definition) is 2. The predicted molar refractivity (Wildman–Crippen MR) is 108 cm³/mol. The van der Waals surface area contributed by atoms with E-state index in [-0.39, 0.29) is 16.5 Å². The number of carbonyl (C=O) groups excluding carboxylic acids is 2. The smallest absolute Gasteiger partial charge is 0.338 e. The fourth-order valence-electron chi connectivity index (χ4n) is 2.38. The summed E-state index contributed by atoms with van der Waals surface area (Å²) in [7, 11) is -3.58. The standard InChI is InChI=1S/C19H19BrN2O5S/c1-12-2-9-17(16(20)10-12)21-18(23)11-27-19(24)13-3-7-15(8-4-13)28(25,26)22-14-5-6-14/h2-4,7-10,14,22H,5-6,11H2,1H3,(H,21,23).